The quantitative estimate of drug-likeness (QED) is 0.926. The van der Waals surface area contributed by atoms with Crippen molar-refractivity contribution in [2.45, 2.75) is 26.3 Å². The standard InChI is InChI=1S/C18H23ClN4O/c1-14-11-17(21-20-14)12-18(24)23-8-2-7-22(9-10-23)13-15-3-5-16(19)6-4-15/h3-6,11H,2,7-10,12-13H2,1H3,(H,20,21). The minimum Gasteiger partial charge on any atom is -0.341 e. The van der Waals surface area contributed by atoms with Gasteiger partial charge in [-0.3, -0.25) is 14.8 Å². The zero-order valence-electron chi connectivity index (χ0n) is 14.0. The highest BCUT2D eigenvalue weighted by atomic mass is 35.5. The molecular weight excluding hydrogens is 324 g/mol. The fourth-order valence-corrected chi connectivity index (χ4v) is 3.18. The summed E-state index contributed by atoms with van der Waals surface area (Å²) in [6.45, 7) is 6.34. The van der Waals surface area contributed by atoms with E-state index < -0.39 is 0 Å². The Morgan fingerprint density at radius 2 is 2.00 bits per heavy atom. The summed E-state index contributed by atoms with van der Waals surface area (Å²) in [5.41, 5.74) is 3.06. The van der Waals surface area contributed by atoms with Crippen LogP contribution in [-0.2, 0) is 17.8 Å². The molecule has 2 aromatic rings. The number of aromatic amines is 1. The third-order valence-corrected chi connectivity index (χ3v) is 4.60. The van der Waals surface area contributed by atoms with E-state index in [1.165, 1.54) is 5.56 Å². The zero-order valence-corrected chi connectivity index (χ0v) is 14.7. The zero-order chi connectivity index (χ0) is 16.9. The second-order valence-corrected chi connectivity index (χ2v) is 6.79. The number of carbonyl (C=O) groups excluding carboxylic acids is 1. The topological polar surface area (TPSA) is 52.2 Å². The van der Waals surface area contributed by atoms with E-state index in [1.807, 2.05) is 30.0 Å². The van der Waals surface area contributed by atoms with Crippen molar-refractivity contribution in [1.29, 1.82) is 0 Å². The van der Waals surface area contributed by atoms with E-state index in [0.717, 1.165) is 55.6 Å². The van der Waals surface area contributed by atoms with Crippen LogP contribution in [0.25, 0.3) is 0 Å². The number of aromatic nitrogens is 2. The lowest BCUT2D eigenvalue weighted by Crippen LogP contribution is -2.36. The van der Waals surface area contributed by atoms with E-state index in [-0.39, 0.29) is 5.91 Å². The van der Waals surface area contributed by atoms with Gasteiger partial charge >= 0.3 is 0 Å². The number of amides is 1. The van der Waals surface area contributed by atoms with Crippen LogP contribution in [0.3, 0.4) is 0 Å². The van der Waals surface area contributed by atoms with Crippen LogP contribution in [0.15, 0.2) is 30.3 Å². The lowest BCUT2D eigenvalue weighted by Gasteiger charge is -2.22. The van der Waals surface area contributed by atoms with Gasteiger partial charge in [-0.1, -0.05) is 23.7 Å². The number of hydrogen-bond donors (Lipinski definition) is 1. The van der Waals surface area contributed by atoms with Crippen molar-refractivity contribution in [2.75, 3.05) is 26.2 Å². The monoisotopic (exact) mass is 346 g/mol. The molecule has 1 aromatic carbocycles. The van der Waals surface area contributed by atoms with Crippen molar-refractivity contribution in [3.8, 4) is 0 Å². The summed E-state index contributed by atoms with van der Waals surface area (Å²) in [5, 5.41) is 7.81. The number of H-pyrrole nitrogens is 1. The SMILES string of the molecule is Cc1cc(CC(=O)N2CCCN(Cc3ccc(Cl)cc3)CC2)n[nH]1. The highest BCUT2D eigenvalue weighted by Gasteiger charge is 2.20. The molecule has 0 radical (unpaired) electrons. The normalized spacial score (nSPS) is 16.2. The number of halogens is 1. The van der Waals surface area contributed by atoms with Crippen LogP contribution in [0.5, 0.6) is 0 Å². The summed E-state index contributed by atoms with van der Waals surface area (Å²) in [4.78, 5) is 16.8. The number of hydrogen-bond acceptors (Lipinski definition) is 3. The third-order valence-electron chi connectivity index (χ3n) is 4.35. The van der Waals surface area contributed by atoms with Gasteiger partial charge in [0.25, 0.3) is 0 Å². The van der Waals surface area contributed by atoms with Crippen LogP contribution in [0, 0.1) is 6.92 Å². The molecule has 1 saturated heterocycles. The lowest BCUT2D eigenvalue weighted by atomic mass is 10.2. The minimum atomic E-state index is 0.162. The number of carbonyl (C=O) groups is 1. The molecular formula is C18H23ClN4O. The Bertz CT molecular complexity index is 683. The molecule has 6 heteroatoms. The molecule has 1 amide bonds. The van der Waals surface area contributed by atoms with Crippen molar-refractivity contribution < 1.29 is 4.79 Å². The molecule has 0 saturated carbocycles. The van der Waals surface area contributed by atoms with Gasteiger partial charge in [-0.15, -0.1) is 0 Å². The predicted molar refractivity (Wildman–Crippen MR) is 95.0 cm³/mol. The van der Waals surface area contributed by atoms with Crippen molar-refractivity contribution in [2.24, 2.45) is 0 Å². The summed E-state index contributed by atoms with van der Waals surface area (Å²) < 4.78 is 0. The van der Waals surface area contributed by atoms with Crippen molar-refractivity contribution in [1.82, 2.24) is 20.0 Å². The number of nitrogens with zero attached hydrogens (tertiary/aromatic N) is 3. The number of benzene rings is 1. The molecule has 5 nitrogen and oxygen atoms in total. The smallest absolute Gasteiger partial charge is 0.228 e. The fraction of sp³-hybridized carbons (Fsp3) is 0.444. The second-order valence-electron chi connectivity index (χ2n) is 6.36. The van der Waals surface area contributed by atoms with Gasteiger partial charge in [0.15, 0.2) is 0 Å². The average molecular weight is 347 g/mol. The van der Waals surface area contributed by atoms with E-state index in [2.05, 4.69) is 27.2 Å². The van der Waals surface area contributed by atoms with E-state index in [1.54, 1.807) is 0 Å². The van der Waals surface area contributed by atoms with Crippen molar-refractivity contribution in [3.63, 3.8) is 0 Å². The first kappa shape index (κ1) is 17.0. The molecule has 0 aliphatic carbocycles. The number of nitrogens with one attached hydrogen (secondary N) is 1. The van der Waals surface area contributed by atoms with E-state index >= 15 is 0 Å². The van der Waals surface area contributed by atoms with E-state index in [0.29, 0.717) is 6.42 Å². The Morgan fingerprint density at radius 3 is 2.71 bits per heavy atom. The molecule has 128 valence electrons. The number of aryl methyl sites for hydroxylation is 1. The maximum Gasteiger partial charge on any atom is 0.228 e. The maximum absolute atomic E-state index is 12.5. The highest BCUT2D eigenvalue weighted by molar-refractivity contribution is 6.30. The van der Waals surface area contributed by atoms with Crippen LogP contribution in [0.4, 0.5) is 0 Å². The average Bonchev–Trinajstić information content (AvgIpc) is 2.83. The van der Waals surface area contributed by atoms with Gasteiger partial charge in [0, 0.05) is 43.4 Å². The summed E-state index contributed by atoms with van der Waals surface area (Å²) >= 11 is 5.94. The first-order valence-electron chi connectivity index (χ1n) is 8.35. The molecule has 0 spiro atoms. The highest BCUT2D eigenvalue weighted by Crippen LogP contribution is 2.13. The molecule has 24 heavy (non-hydrogen) atoms. The summed E-state index contributed by atoms with van der Waals surface area (Å²) in [6.07, 6.45) is 1.38. The number of rotatable bonds is 4. The van der Waals surface area contributed by atoms with Crippen LogP contribution >= 0.6 is 11.6 Å². The molecule has 1 aromatic heterocycles. The first-order valence-corrected chi connectivity index (χ1v) is 8.73. The Hall–Kier alpha value is -1.85. The molecule has 2 heterocycles. The van der Waals surface area contributed by atoms with Crippen LogP contribution in [-0.4, -0.2) is 52.1 Å². The van der Waals surface area contributed by atoms with Gasteiger partial charge in [-0.2, -0.15) is 5.10 Å². The Labute approximate surface area is 147 Å². The molecule has 3 rings (SSSR count). The fourth-order valence-electron chi connectivity index (χ4n) is 3.06. The Balaban J connectivity index is 1.52. The molecule has 0 atom stereocenters. The summed E-state index contributed by atoms with van der Waals surface area (Å²) in [5.74, 6) is 0.162. The third kappa shape index (κ3) is 4.58. The summed E-state index contributed by atoms with van der Waals surface area (Å²) in [7, 11) is 0. The van der Waals surface area contributed by atoms with Gasteiger partial charge in [0.05, 0.1) is 12.1 Å². The van der Waals surface area contributed by atoms with E-state index in [9.17, 15) is 4.79 Å². The van der Waals surface area contributed by atoms with Crippen LogP contribution in [0.2, 0.25) is 5.02 Å². The molecule has 0 bridgehead atoms. The van der Waals surface area contributed by atoms with Crippen LogP contribution in [0.1, 0.15) is 23.4 Å². The minimum absolute atomic E-state index is 0.162. The van der Waals surface area contributed by atoms with Gasteiger partial charge in [0.2, 0.25) is 5.91 Å². The van der Waals surface area contributed by atoms with Gasteiger partial charge in [-0.25, -0.2) is 0 Å². The van der Waals surface area contributed by atoms with Crippen LogP contribution < -0.4 is 0 Å². The van der Waals surface area contributed by atoms with Crippen molar-refractivity contribution >= 4 is 17.5 Å². The molecule has 1 aliphatic heterocycles. The summed E-state index contributed by atoms with van der Waals surface area (Å²) in [6, 6.07) is 9.92. The molecule has 1 fully saturated rings. The van der Waals surface area contributed by atoms with Gasteiger partial charge in [0.1, 0.15) is 0 Å². The largest absolute Gasteiger partial charge is 0.341 e. The Morgan fingerprint density at radius 1 is 1.21 bits per heavy atom. The molecule has 1 N–H and O–H groups in total. The van der Waals surface area contributed by atoms with Crippen molar-refractivity contribution in [3.05, 3.63) is 52.3 Å². The van der Waals surface area contributed by atoms with E-state index in [4.69, 9.17) is 11.6 Å². The Kier molecular flexibility index (Phi) is 5.53. The molecule has 1 aliphatic rings. The van der Waals surface area contributed by atoms with Gasteiger partial charge in [-0.05, 0) is 37.1 Å². The predicted octanol–water partition coefficient (Wildman–Crippen LogP) is 2.65. The second kappa shape index (κ2) is 7.81. The first-order chi connectivity index (χ1) is 11.6. The molecule has 0 unspecified atom stereocenters. The lowest BCUT2D eigenvalue weighted by molar-refractivity contribution is -0.130. The maximum atomic E-state index is 12.5. The van der Waals surface area contributed by atoms with Gasteiger partial charge < -0.3 is 4.90 Å².